The molecule has 0 bridgehead atoms. The molecule has 1 N–H and O–H groups in total. The number of carbonyl (C=O) groups is 1. The van der Waals surface area contributed by atoms with Gasteiger partial charge in [0.15, 0.2) is 5.43 Å². The maximum absolute atomic E-state index is 12.3. The molecule has 0 atom stereocenters. The highest BCUT2D eigenvalue weighted by Crippen LogP contribution is 2.30. The molecule has 1 aliphatic rings. The lowest BCUT2D eigenvalue weighted by Gasteiger charge is -2.21. The predicted molar refractivity (Wildman–Crippen MR) is 68.8 cm³/mol. The van der Waals surface area contributed by atoms with E-state index in [4.69, 9.17) is 4.74 Å². The Morgan fingerprint density at radius 2 is 2.06 bits per heavy atom. The van der Waals surface area contributed by atoms with Gasteiger partial charge >= 0.3 is 5.97 Å². The van der Waals surface area contributed by atoms with Crippen LogP contribution in [0.4, 0.5) is 0 Å². The Morgan fingerprint density at radius 3 is 2.72 bits per heavy atom. The first-order chi connectivity index (χ1) is 8.74. The molecule has 0 saturated heterocycles. The van der Waals surface area contributed by atoms with Gasteiger partial charge in [0.25, 0.3) is 0 Å². The van der Waals surface area contributed by atoms with Crippen molar-refractivity contribution in [2.24, 2.45) is 0 Å². The van der Waals surface area contributed by atoms with Crippen LogP contribution in [0.3, 0.4) is 0 Å². The first-order valence-corrected chi connectivity index (χ1v) is 6.62. The lowest BCUT2D eigenvalue weighted by molar-refractivity contribution is 0.0524. The number of rotatable bonds is 3. The SMILES string of the molecule is CCOC(=O)c1c[nH]cc(C2CCCCC2)c1=O. The summed E-state index contributed by atoms with van der Waals surface area (Å²) in [7, 11) is 0. The molecule has 1 aromatic rings. The second kappa shape index (κ2) is 5.85. The minimum Gasteiger partial charge on any atom is -0.462 e. The van der Waals surface area contributed by atoms with Crippen molar-refractivity contribution in [3.63, 3.8) is 0 Å². The summed E-state index contributed by atoms with van der Waals surface area (Å²) < 4.78 is 4.89. The molecular weight excluding hydrogens is 230 g/mol. The zero-order valence-corrected chi connectivity index (χ0v) is 10.7. The number of hydrogen-bond donors (Lipinski definition) is 1. The summed E-state index contributed by atoms with van der Waals surface area (Å²) in [6.45, 7) is 2.02. The molecule has 1 heterocycles. The third-order valence-electron chi connectivity index (χ3n) is 3.51. The van der Waals surface area contributed by atoms with E-state index in [1.807, 2.05) is 0 Å². The molecule has 1 saturated carbocycles. The van der Waals surface area contributed by atoms with Crippen molar-refractivity contribution in [3.8, 4) is 0 Å². The smallest absolute Gasteiger partial charge is 0.343 e. The molecule has 18 heavy (non-hydrogen) atoms. The van der Waals surface area contributed by atoms with E-state index in [0.717, 1.165) is 31.2 Å². The lowest BCUT2D eigenvalue weighted by Crippen LogP contribution is -2.23. The second-order valence-corrected chi connectivity index (χ2v) is 4.71. The van der Waals surface area contributed by atoms with E-state index in [1.165, 1.54) is 12.6 Å². The number of nitrogens with one attached hydrogen (secondary N) is 1. The van der Waals surface area contributed by atoms with Crippen molar-refractivity contribution < 1.29 is 9.53 Å². The van der Waals surface area contributed by atoms with Gasteiger partial charge in [-0.3, -0.25) is 4.79 Å². The molecule has 1 aliphatic carbocycles. The van der Waals surface area contributed by atoms with E-state index in [0.29, 0.717) is 0 Å². The Bertz CT molecular complexity index is 472. The quantitative estimate of drug-likeness (QED) is 0.838. The molecule has 1 aromatic heterocycles. The molecule has 98 valence electrons. The molecule has 0 unspecified atom stereocenters. The normalized spacial score (nSPS) is 16.5. The van der Waals surface area contributed by atoms with Gasteiger partial charge in [0, 0.05) is 18.0 Å². The number of hydrogen-bond acceptors (Lipinski definition) is 3. The van der Waals surface area contributed by atoms with Gasteiger partial charge in [0.05, 0.1) is 6.61 Å². The second-order valence-electron chi connectivity index (χ2n) is 4.71. The zero-order chi connectivity index (χ0) is 13.0. The fraction of sp³-hybridized carbons (Fsp3) is 0.571. The first kappa shape index (κ1) is 12.9. The Kier molecular flexibility index (Phi) is 4.18. The molecule has 0 aliphatic heterocycles. The fourth-order valence-corrected chi connectivity index (χ4v) is 2.58. The highest BCUT2D eigenvalue weighted by atomic mass is 16.5. The van der Waals surface area contributed by atoms with Crippen LogP contribution in [0.1, 0.15) is 60.9 Å². The maximum Gasteiger partial charge on any atom is 0.343 e. The Labute approximate surface area is 106 Å². The molecule has 0 amide bonds. The Morgan fingerprint density at radius 1 is 1.33 bits per heavy atom. The van der Waals surface area contributed by atoms with Crippen LogP contribution in [-0.2, 0) is 4.74 Å². The van der Waals surface area contributed by atoms with Crippen LogP contribution in [-0.4, -0.2) is 17.6 Å². The molecular formula is C14H19NO3. The summed E-state index contributed by atoms with van der Waals surface area (Å²) in [6.07, 6.45) is 8.81. The van der Waals surface area contributed by atoms with E-state index in [1.54, 1.807) is 13.1 Å². The van der Waals surface area contributed by atoms with Gasteiger partial charge in [-0.2, -0.15) is 0 Å². The minimum absolute atomic E-state index is 0.125. The number of H-pyrrole nitrogens is 1. The average Bonchev–Trinajstić information content (AvgIpc) is 2.40. The number of ether oxygens (including phenoxy) is 1. The van der Waals surface area contributed by atoms with Crippen LogP contribution in [0.5, 0.6) is 0 Å². The van der Waals surface area contributed by atoms with E-state index >= 15 is 0 Å². The van der Waals surface area contributed by atoms with Crippen LogP contribution in [0.2, 0.25) is 0 Å². The summed E-state index contributed by atoms with van der Waals surface area (Å²) >= 11 is 0. The Hall–Kier alpha value is -1.58. The molecule has 4 nitrogen and oxygen atoms in total. The van der Waals surface area contributed by atoms with Crippen molar-refractivity contribution >= 4 is 5.97 Å². The van der Waals surface area contributed by atoms with E-state index in [2.05, 4.69) is 4.98 Å². The first-order valence-electron chi connectivity index (χ1n) is 6.62. The molecule has 0 spiro atoms. The van der Waals surface area contributed by atoms with Gasteiger partial charge in [0.2, 0.25) is 0 Å². The standard InChI is InChI=1S/C14H19NO3/c1-2-18-14(17)12-9-15-8-11(13(12)16)10-6-4-3-5-7-10/h8-10H,2-7H2,1H3,(H,15,16). The van der Waals surface area contributed by atoms with Crippen molar-refractivity contribution in [2.75, 3.05) is 6.61 Å². The van der Waals surface area contributed by atoms with Crippen LogP contribution in [0.15, 0.2) is 17.2 Å². The predicted octanol–water partition coefficient (Wildman–Crippen LogP) is 2.60. The van der Waals surface area contributed by atoms with Crippen LogP contribution in [0.25, 0.3) is 0 Å². The van der Waals surface area contributed by atoms with E-state index in [9.17, 15) is 9.59 Å². The monoisotopic (exact) mass is 249 g/mol. The van der Waals surface area contributed by atoms with Crippen LogP contribution < -0.4 is 5.43 Å². The van der Waals surface area contributed by atoms with Gasteiger partial charge < -0.3 is 9.72 Å². The van der Waals surface area contributed by atoms with E-state index < -0.39 is 5.97 Å². The summed E-state index contributed by atoms with van der Waals surface area (Å²) in [5, 5.41) is 0. The van der Waals surface area contributed by atoms with Gasteiger partial charge in [-0.15, -0.1) is 0 Å². The fourth-order valence-electron chi connectivity index (χ4n) is 2.58. The molecule has 0 aromatic carbocycles. The topological polar surface area (TPSA) is 59.2 Å². The van der Waals surface area contributed by atoms with Crippen molar-refractivity contribution in [3.05, 3.63) is 33.7 Å². The third kappa shape index (κ3) is 2.63. The maximum atomic E-state index is 12.3. The van der Waals surface area contributed by atoms with Gasteiger partial charge in [0.1, 0.15) is 5.56 Å². The summed E-state index contributed by atoms with van der Waals surface area (Å²) in [5.74, 6) is -0.242. The minimum atomic E-state index is -0.531. The summed E-state index contributed by atoms with van der Waals surface area (Å²) in [5.41, 5.74) is 0.694. The van der Waals surface area contributed by atoms with Gasteiger partial charge in [-0.25, -0.2) is 4.79 Å². The van der Waals surface area contributed by atoms with Crippen LogP contribution >= 0.6 is 0 Å². The molecule has 1 fully saturated rings. The van der Waals surface area contributed by atoms with Gasteiger partial charge in [-0.05, 0) is 25.7 Å². The largest absolute Gasteiger partial charge is 0.462 e. The number of aromatic amines is 1. The van der Waals surface area contributed by atoms with E-state index in [-0.39, 0.29) is 23.5 Å². The number of esters is 1. The van der Waals surface area contributed by atoms with Crippen molar-refractivity contribution in [2.45, 2.75) is 44.9 Å². The summed E-state index contributed by atoms with van der Waals surface area (Å²) in [6, 6.07) is 0. The highest BCUT2D eigenvalue weighted by Gasteiger charge is 2.21. The average molecular weight is 249 g/mol. The number of carbonyl (C=O) groups excluding carboxylic acids is 1. The van der Waals surface area contributed by atoms with Crippen molar-refractivity contribution in [1.82, 2.24) is 4.98 Å². The molecule has 2 rings (SSSR count). The molecule has 0 radical (unpaired) electrons. The lowest BCUT2D eigenvalue weighted by atomic mass is 9.84. The Balaban J connectivity index is 2.29. The summed E-state index contributed by atoms with van der Waals surface area (Å²) in [4.78, 5) is 26.8. The zero-order valence-electron chi connectivity index (χ0n) is 10.7. The number of aromatic nitrogens is 1. The highest BCUT2D eigenvalue weighted by molar-refractivity contribution is 5.89. The molecule has 4 heteroatoms. The number of pyridine rings is 1. The van der Waals surface area contributed by atoms with Crippen molar-refractivity contribution in [1.29, 1.82) is 0 Å². The van der Waals surface area contributed by atoms with Gasteiger partial charge in [-0.1, -0.05) is 19.3 Å². The third-order valence-corrected chi connectivity index (χ3v) is 3.51. The van der Waals surface area contributed by atoms with Crippen LogP contribution in [0, 0.1) is 0 Å².